The first-order valence-electron chi connectivity index (χ1n) is 11.0. The minimum atomic E-state index is -1.22. The molecular formula is C26H26N2O4S. The summed E-state index contributed by atoms with van der Waals surface area (Å²) in [5.74, 6) is 1.43. The molecule has 1 fully saturated rings. The first-order chi connectivity index (χ1) is 16.0. The fourth-order valence-corrected chi connectivity index (χ4v) is 4.87. The van der Waals surface area contributed by atoms with Crippen molar-refractivity contribution in [2.75, 3.05) is 25.6 Å². The number of ether oxygens (including phenoxy) is 2. The van der Waals surface area contributed by atoms with E-state index >= 15 is 0 Å². The average Bonchev–Trinajstić information content (AvgIpc) is 3.67. The van der Waals surface area contributed by atoms with E-state index < -0.39 is 16.8 Å². The topological polar surface area (TPSA) is 82.7 Å². The molecule has 1 atom stereocenters. The molecule has 3 aromatic carbocycles. The second-order valence-electron chi connectivity index (χ2n) is 8.42. The number of rotatable bonds is 6. The number of fused-ring (bicyclic) bond motifs is 1. The summed E-state index contributed by atoms with van der Waals surface area (Å²) in [6, 6.07) is 19.4. The smallest absolute Gasteiger partial charge is 0.235 e. The minimum Gasteiger partial charge on any atom is -0.593 e. The van der Waals surface area contributed by atoms with E-state index in [0.29, 0.717) is 19.0 Å². The van der Waals surface area contributed by atoms with Gasteiger partial charge in [0.1, 0.15) is 13.2 Å². The van der Waals surface area contributed by atoms with E-state index in [-0.39, 0.29) is 5.91 Å². The summed E-state index contributed by atoms with van der Waals surface area (Å²) in [4.78, 5) is 14.0. The predicted octanol–water partition coefficient (Wildman–Crippen LogP) is 4.35. The van der Waals surface area contributed by atoms with Crippen molar-refractivity contribution in [2.45, 2.75) is 30.1 Å². The van der Waals surface area contributed by atoms with Gasteiger partial charge < -0.3 is 19.3 Å². The maximum Gasteiger partial charge on any atom is 0.235 e. The molecule has 1 saturated carbocycles. The Morgan fingerprint density at radius 3 is 2.39 bits per heavy atom. The van der Waals surface area contributed by atoms with Gasteiger partial charge in [0, 0.05) is 12.7 Å². The first kappa shape index (κ1) is 21.8. The van der Waals surface area contributed by atoms with Crippen molar-refractivity contribution in [3.05, 3.63) is 71.8 Å². The number of amides is 1. The van der Waals surface area contributed by atoms with Crippen LogP contribution in [0.25, 0.3) is 11.1 Å². The van der Waals surface area contributed by atoms with Gasteiger partial charge in [0.2, 0.25) is 5.91 Å². The molecule has 3 aromatic rings. The van der Waals surface area contributed by atoms with Crippen LogP contribution >= 0.6 is 0 Å². The van der Waals surface area contributed by atoms with Gasteiger partial charge in [-0.15, -0.1) is 4.72 Å². The lowest BCUT2D eigenvalue weighted by Gasteiger charge is -2.22. The van der Waals surface area contributed by atoms with Gasteiger partial charge in [-0.25, -0.2) is 0 Å². The molecule has 1 aliphatic carbocycles. The molecule has 1 aliphatic heterocycles. The molecule has 0 radical (unpaired) electrons. The third-order valence-electron chi connectivity index (χ3n) is 6.34. The van der Waals surface area contributed by atoms with Crippen LogP contribution in [0.4, 0.5) is 5.69 Å². The van der Waals surface area contributed by atoms with Crippen molar-refractivity contribution in [3.8, 4) is 22.6 Å². The molecule has 5 rings (SSSR count). The van der Waals surface area contributed by atoms with Crippen molar-refractivity contribution in [1.29, 1.82) is 0 Å². The molecule has 2 aliphatic rings. The Morgan fingerprint density at radius 2 is 1.70 bits per heavy atom. The van der Waals surface area contributed by atoms with Gasteiger partial charge in [0.15, 0.2) is 16.4 Å². The summed E-state index contributed by atoms with van der Waals surface area (Å²) >= 11 is -1.22. The van der Waals surface area contributed by atoms with Gasteiger partial charge in [-0.2, -0.15) is 0 Å². The third-order valence-corrected chi connectivity index (χ3v) is 7.41. The third kappa shape index (κ3) is 4.19. The van der Waals surface area contributed by atoms with Gasteiger partial charge in [-0.3, -0.25) is 4.79 Å². The van der Waals surface area contributed by atoms with Crippen LogP contribution in [-0.4, -0.2) is 30.7 Å². The lowest BCUT2D eigenvalue weighted by Crippen LogP contribution is -2.28. The zero-order valence-corrected chi connectivity index (χ0v) is 19.5. The van der Waals surface area contributed by atoms with Crippen LogP contribution in [0.2, 0.25) is 0 Å². The molecule has 2 N–H and O–H groups in total. The molecule has 7 heteroatoms. The van der Waals surface area contributed by atoms with Crippen LogP contribution in [0.3, 0.4) is 0 Å². The van der Waals surface area contributed by atoms with Crippen LogP contribution in [0.15, 0.2) is 65.6 Å². The highest BCUT2D eigenvalue weighted by atomic mass is 32.2. The van der Waals surface area contributed by atoms with Gasteiger partial charge in [0.25, 0.3) is 0 Å². The number of hydrogen-bond donors (Lipinski definition) is 2. The molecule has 170 valence electrons. The predicted molar refractivity (Wildman–Crippen MR) is 129 cm³/mol. The van der Waals surface area contributed by atoms with E-state index in [4.69, 9.17) is 9.47 Å². The van der Waals surface area contributed by atoms with Gasteiger partial charge >= 0.3 is 0 Å². The Balaban J connectivity index is 1.37. The highest BCUT2D eigenvalue weighted by Crippen LogP contribution is 2.51. The molecular weight excluding hydrogens is 436 g/mol. The van der Waals surface area contributed by atoms with E-state index in [1.54, 1.807) is 7.05 Å². The second kappa shape index (κ2) is 8.74. The molecule has 1 unspecified atom stereocenters. The Bertz CT molecular complexity index is 1190. The number of benzene rings is 3. The number of nitrogens with one attached hydrogen (secondary N) is 2. The molecule has 0 aromatic heterocycles. The summed E-state index contributed by atoms with van der Waals surface area (Å²) in [5, 5.41) is 3.13. The van der Waals surface area contributed by atoms with E-state index in [9.17, 15) is 9.35 Å². The Morgan fingerprint density at radius 1 is 0.970 bits per heavy atom. The van der Waals surface area contributed by atoms with Gasteiger partial charge in [0.05, 0.1) is 16.8 Å². The molecule has 0 spiro atoms. The number of hydrogen-bond acceptors (Lipinski definition) is 5. The molecule has 33 heavy (non-hydrogen) atoms. The number of carbonyl (C=O) groups excluding carboxylic acids is 1. The van der Waals surface area contributed by atoms with Crippen LogP contribution in [0.1, 0.15) is 24.0 Å². The SMILES string of the molecule is CN[S+]([O-])c1ccc(-c2cc(NC(=O)C3(c4ccc5c(c4)OCCO5)CC3)ccc2C)cc1. The number of aryl methyl sites for hydroxylation is 1. The normalized spacial score (nSPS) is 16.7. The molecule has 1 heterocycles. The van der Waals surface area contributed by atoms with Gasteiger partial charge in [-0.1, -0.05) is 12.1 Å². The zero-order chi connectivity index (χ0) is 23.0. The Labute approximate surface area is 196 Å². The standard InChI is InChI=1S/C26H26N2O4S/c1-17-3-7-20(16-22(17)18-4-8-21(9-5-18)33(30)27-2)28-25(29)26(11-12-26)19-6-10-23-24(15-19)32-14-13-31-23/h3-10,15-16,27H,11-14H2,1-2H3,(H,28,29). The minimum absolute atomic E-state index is 0.00579. The highest BCUT2D eigenvalue weighted by molar-refractivity contribution is 7.89. The van der Waals surface area contributed by atoms with Crippen LogP contribution in [-0.2, 0) is 21.6 Å². The van der Waals surface area contributed by atoms with Crippen molar-refractivity contribution >= 4 is 23.0 Å². The maximum absolute atomic E-state index is 13.3. The lowest BCUT2D eigenvalue weighted by atomic mass is 9.94. The Hall–Kier alpha value is -3.00. The van der Waals surface area contributed by atoms with Crippen LogP contribution in [0.5, 0.6) is 11.5 Å². The molecule has 0 saturated heterocycles. The highest BCUT2D eigenvalue weighted by Gasteiger charge is 2.51. The molecule has 0 bridgehead atoms. The van der Waals surface area contributed by atoms with E-state index in [1.807, 2.05) is 67.6 Å². The van der Waals surface area contributed by atoms with Crippen molar-refractivity contribution in [2.24, 2.45) is 0 Å². The number of carbonyl (C=O) groups is 1. The largest absolute Gasteiger partial charge is 0.593 e. The summed E-state index contributed by atoms with van der Waals surface area (Å²) < 4.78 is 26.0. The summed E-state index contributed by atoms with van der Waals surface area (Å²) in [7, 11) is 1.66. The fourth-order valence-electron chi connectivity index (χ4n) is 4.25. The number of anilines is 1. The summed E-state index contributed by atoms with van der Waals surface area (Å²) in [5.41, 5.74) is 4.33. The van der Waals surface area contributed by atoms with E-state index in [2.05, 4.69) is 10.0 Å². The fraction of sp³-hybridized carbons (Fsp3) is 0.269. The Kier molecular flexibility index (Phi) is 5.78. The van der Waals surface area contributed by atoms with Crippen molar-refractivity contribution in [3.63, 3.8) is 0 Å². The maximum atomic E-state index is 13.3. The lowest BCUT2D eigenvalue weighted by molar-refractivity contribution is -0.118. The second-order valence-corrected chi connectivity index (χ2v) is 9.84. The monoisotopic (exact) mass is 462 g/mol. The van der Waals surface area contributed by atoms with Gasteiger partial charge in [-0.05, 0) is 90.6 Å². The zero-order valence-electron chi connectivity index (χ0n) is 18.6. The first-order valence-corrected chi connectivity index (χ1v) is 12.2. The van der Waals surface area contributed by atoms with E-state index in [1.165, 1.54) is 0 Å². The quantitative estimate of drug-likeness (QED) is 0.533. The van der Waals surface area contributed by atoms with Crippen LogP contribution < -0.4 is 19.5 Å². The van der Waals surface area contributed by atoms with Crippen molar-refractivity contribution in [1.82, 2.24) is 4.72 Å². The van der Waals surface area contributed by atoms with Crippen LogP contribution in [0, 0.1) is 6.92 Å². The molecule has 1 amide bonds. The molecule has 6 nitrogen and oxygen atoms in total. The van der Waals surface area contributed by atoms with Crippen molar-refractivity contribution < 1.29 is 18.8 Å². The summed E-state index contributed by atoms with van der Waals surface area (Å²) in [6.45, 7) is 3.11. The summed E-state index contributed by atoms with van der Waals surface area (Å²) in [6.07, 6.45) is 1.61. The van der Waals surface area contributed by atoms with E-state index in [0.717, 1.165) is 51.4 Å². The average molecular weight is 463 g/mol.